The molecule has 192 valence electrons. The van der Waals surface area contributed by atoms with Gasteiger partial charge in [-0.05, 0) is 61.0 Å². The molecule has 0 aliphatic carbocycles. The summed E-state index contributed by atoms with van der Waals surface area (Å²) in [6.45, 7) is 2.08. The Morgan fingerprint density at radius 1 is 1.05 bits per heavy atom. The highest BCUT2D eigenvalue weighted by Gasteiger charge is 2.29. The summed E-state index contributed by atoms with van der Waals surface area (Å²) in [5.74, 6) is 0.459. The van der Waals surface area contributed by atoms with Crippen molar-refractivity contribution in [1.29, 1.82) is 0 Å². The van der Waals surface area contributed by atoms with Crippen molar-refractivity contribution in [3.63, 3.8) is 0 Å². The molecule has 0 radical (unpaired) electrons. The second-order valence-corrected chi connectivity index (χ2v) is 11.5. The molecular formula is C29H22N6O2S2. The highest BCUT2D eigenvalue weighted by atomic mass is 32.2. The summed E-state index contributed by atoms with van der Waals surface area (Å²) in [5.41, 5.74) is 5.11. The minimum absolute atomic E-state index is 0.149. The number of nitrogens with zero attached hydrogens (tertiary/aromatic N) is 5. The summed E-state index contributed by atoms with van der Waals surface area (Å²) in [6, 6.07) is 23.3. The van der Waals surface area contributed by atoms with Gasteiger partial charge in [0.1, 0.15) is 10.4 Å². The topological polar surface area (TPSA) is 94.7 Å². The first-order valence-corrected chi connectivity index (χ1v) is 14.3. The minimum atomic E-state index is -0.278. The number of nitrogens with one attached hydrogen (secondary N) is 1. The maximum atomic E-state index is 13.4. The summed E-state index contributed by atoms with van der Waals surface area (Å²) in [4.78, 5) is 35.8. The fourth-order valence-electron chi connectivity index (χ4n) is 4.82. The fraction of sp³-hybridized carbons (Fsp3) is 0.138. The molecule has 6 aromatic rings. The van der Waals surface area contributed by atoms with Crippen molar-refractivity contribution in [2.24, 2.45) is 0 Å². The quantitative estimate of drug-likeness (QED) is 0.271. The third-order valence-electron chi connectivity index (χ3n) is 6.75. The number of amides is 1. The summed E-state index contributed by atoms with van der Waals surface area (Å²) in [7, 11) is 0. The lowest BCUT2D eigenvalue weighted by molar-refractivity contribution is -0.116. The number of benzene rings is 3. The van der Waals surface area contributed by atoms with Crippen LogP contribution in [0.2, 0.25) is 0 Å². The number of aromatic nitrogens is 5. The molecule has 0 bridgehead atoms. The van der Waals surface area contributed by atoms with Crippen LogP contribution in [-0.2, 0) is 4.79 Å². The Labute approximate surface area is 231 Å². The third kappa shape index (κ3) is 4.31. The van der Waals surface area contributed by atoms with Crippen molar-refractivity contribution in [3.8, 4) is 16.3 Å². The van der Waals surface area contributed by atoms with Gasteiger partial charge in [0, 0.05) is 23.4 Å². The highest BCUT2D eigenvalue weighted by Crippen LogP contribution is 2.34. The summed E-state index contributed by atoms with van der Waals surface area (Å²) >= 11 is 3.14. The average Bonchev–Trinajstić information content (AvgIpc) is 3.67. The van der Waals surface area contributed by atoms with Crippen LogP contribution in [0.25, 0.3) is 37.5 Å². The number of carbonyl (C=O) groups is 1. The second-order valence-electron chi connectivity index (χ2n) is 9.48. The van der Waals surface area contributed by atoms with E-state index in [0.29, 0.717) is 27.6 Å². The van der Waals surface area contributed by atoms with E-state index in [2.05, 4.69) is 29.5 Å². The Morgan fingerprint density at radius 3 is 2.69 bits per heavy atom. The molecule has 1 unspecified atom stereocenters. The van der Waals surface area contributed by atoms with Gasteiger partial charge in [-0.1, -0.05) is 36.0 Å². The van der Waals surface area contributed by atoms with Gasteiger partial charge in [0.2, 0.25) is 5.91 Å². The zero-order valence-corrected chi connectivity index (χ0v) is 22.5. The number of rotatable bonds is 5. The van der Waals surface area contributed by atoms with Crippen LogP contribution < -0.4 is 10.9 Å². The maximum Gasteiger partial charge on any atom is 0.265 e. The smallest absolute Gasteiger partial charge is 0.265 e. The molecule has 1 aliphatic rings. The first kappa shape index (κ1) is 23.8. The van der Waals surface area contributed by atoms with Crippen LogP contribution in [0.5, 0.6) is 0 Å². The van der Waals surface area contributed by atoms with Crippen molar-refractivity contribution in [2.45, 2.75) is 24.5 Å². The number of hydrogen-bond acceptors (Lipinski definition) is 7. The van der Waals surface area contributed by atoms with E-state index in [-0.39, 0.29) is 23.9 Å². The summed E-state index contributed by atoms with van der Waals surface area (Å²) in [5, 5.41) is 9.38. The molecule has 0 spiro atoms. The first-order chi connectivity index (χ1) is 19.0. The number of carbonyl (C=O) groups excluding carboxylic acids is 1. The Hall–Kier alpha value is -4.28. The second kappa shape index (κ2) is 9.48. The molecular weight excluding hydrogens is 528 g/mol. The molecule has 1 N–H and O–H groups in total. The lowest BCUT2D eigenvalue weighted by Crippen LogP contribution is -2.27. The Morgan fingerprint density at radius 2 is 1.87 bits per heavy atom. The zero-order chi connectivity index (χ0) is 26.5. The van der Waals surface area contributed by atoms with Crippen LogP contribution in [0.1, 0.15) is 18.0 Å². The summed E-state index contributed by atoms with van der Waals surface area (Å²) in [6.07, 6.45) is 1.73. The van der Waals surface area contributed by atoms with Crippen LogP contribution in [0.4, 0.5) is 5.69 Å². The lowest BCUT2D eigenvalue weighted by Gasteiger charge is -2.13. The Kier molecular flexibility index (Phi) is 5.79. The minimum Gasteiger partial charge on any atom is -0.326 e. The normalized spacial score (nSPS) is 14.6. The Bertz CT molecular complexity index is 1930. The average molecular weight is 551 g/mol. The van der Waals surface area contributed by atoms with Crippen LogP contribution in [0.15, 0.2) is 88.9 Å². The van der Waals surface area contributed by atoms with Crippen LogP contribution in [0, 0.1) is 6.92 Å². The van der Waals surface area contributed by atoms with Gasteiger partial charge >= 0.3 is 0 Å². The lowest BCUT2D eigenvalue weighted by atomic mass is 10.2. The van der Waals surface area contributed by atoms with Gasteiger partial charge in [-0.2, -0.15) is 5.10 Å². The maximum absolute atomic E-state index is 13.4. The molecule has 0 saturated heterocycles. The SMILES string of the molecule is Cc1ccc2nc(-c3ccc(NC(=O)CC4CSc5nc6c(cnn6-c6ccccc6)c(=O)n54)cc3)sc2c1. The van der Waals surface area contributed by atoms with E-state index in [9.17, 15) is 9.59 Å². The van der Waals surface area contributed by atoms with E-state index in [1.807, 2.05) is 60.7 Å². The van der Waals surface area contributed by atoms with Crippen molar-refractivity contribution in [3.05, 3.63) is 94.9 Å². The van der Waals surface area contributed by atoms with Gasteiger partial charge in [-0.25, -0.2) is 14.6 Å². The van der Waals surface area contributed by atoms with Crippen molar-refractivity contribution < 1.29 is 4.79 Å². The van der Waals surface area contributed by atoms with Gasteiger partial charge in [0.15, 0.2) is 10.8 Å². The van der Waals surface area contributed by atoms with Gasteiger partial charge in [0.25, 0.3) is 5.56 Å². The molecule has 3 aromatic heterocycles. The molecule has 1 atom stereocenters. The molecule has 0 saturated carbocycles. The van der Waals surface area contributed by atoms with E-state index < -0.39 is 0 Å². The highest BCUT2D eigenvalue weighted by molar-refractivity contribution is 7.99. The monoisotopic (exact) mass is 550 g/mol. The first-order valence-electron chi connectivity index (χ1n) is 12.5. The standard InChI is InChI=1S/C29H22N6O2S2/c1-17-7-12-23-24(13-17)39-27(32-23)18-8-10-19(11-9-18)31-25(36)14-21-16-38-29-33-26-22(28(37)34(21)29)15-30-35(26)20-5-3-2-4-6-20/h2-13,15,21H,14,16H2,1H3,(H,31,36). The summed E-state index contributed by atoms with van der Waals surface area (Å²) < 4.78 is 4.48. The molecule has 10 heteroatoms. The number of fused-ring (bicyclic) bond motifs is 3. The van der Waals surface area contributed by atoms with Gasteiger partial charge in [0.05, 0.1) is 28.1 Å². The number of hydrogen-bond donors (Lipinski definition) is 1. The van der Waals surface area contributed by atoms with Crippen molar-refractivity contribution >= 4 is 55.9 Å². The molecule has 7 rings (SSSR count). The van der Waals surface area contributed by atoms with E-state index in [0.717, 1.165) is 26.5 Å². The molecule has 0 fully saturated rings. The van der Waals surface area contributed by atoms with Gasteiger partial charge < -0.3 is 5.32 Å². The van der Waals surface area contributed by atoms with E-state index in [4.69, 9.17) is 9.97 Å². The molecule has 3 aromatic carbocycles. The van der Waals surface area contributed by atoms with Crippen molar-refractivity contribution in [1.82, 2.24) is 24.3 Å². The largest absolute Gasteiger partial charge is 0.326 e. The predicted octanol–water partition coefficient (Wildman–Crippen LogP) is 5.84. The number of aryl methyl sites for hydroxylation is 1. The van der Waals surface area contributed by atoms with Gasteiger partial charge in [-0.3, -0.25) is 14.2 Å². The van der Waals surface area contributed by atoms with Crippen LogP contribution >= 0.6 is 23.1 Å². The Balaban J connectivity index is 1.08. The fourth-order valence-corrected chi connectivity index (χ4v) is 7.02. The number of anilines is 1. The molecule has 1 aliphatic heterocycles. The molecule has 1 amide bonds. The number of para-hydroxylation sites is 1. The number of thiazole rings is 1. The molecule has 39 heavy (non-hydrogen) atoms. The van der Waals surface area contributed by atoms with E-state index in [1.165, 1.54) is 17.3 Å². The van der Waals surface area contributed by atoms with Gasteiger partial charge in [-0.15, -0.1) is 11.3 Å². The molecule has 8 nitrogen and oxygen atoms in total. The third-order valence-corrected chi connectivity index (χ3v) is 8.92. The number of thioether (sulfide) groups is 1. The van der Waals surface area contributed by atoms with Crippen molar-refractivity contribution in [2.75, 3.05) is 11.1 Å². The predicted molar refractivity (Wildman–Crippen MR) is 156 cm³/mol. The van der Waals surface area contributed by atoms with E-state index >= 15 is 0 Å². The van der Waals surface area contributed by atoms with E-state index in [1.54, 1.807) is 26.8 Å². The van der Waals surface area contributed by atoms with Crippen LogP contribution in [-0.4, -0.2) is 36.0 Å². The molecule has 4 heterocycles. The zero-order valence-electron chi connectivity index (χ0n) is 20.9. The van der Waals surface area contributed by atoms with Crippen LogP contribution in [0.3, 0.4) is 0 Å².